The van der Waals surface area contributed by atoms with Gasteiger partial charge < -0.3 is 4.74 Å². The van der Waals surface area contributed by atoms with Gasteiger partial charge in [0.15, 0.2) is 0 Å². The molecule has 2 aromatic rings. The van der Waals surface area contributed by atoms with Crippen LogP contribution in [-0.2, 0) is 4.74 Å². The summed E-state index contributed by atoms with van der Waals surface area (Å²) in [6.07, 6.45) is -0.204. The number of ether oxygens (including phenoxy) is 1. The van der Waals surface area contributed by atoms with Gasteiger partial charge in [0.2, 0.25) is 0 Å². The Morgan fingerprint density at radius 1 is 1.00 bits per heavy atom. The van der Waals surface area contributed by atoms with Crippen molar-refractivity contribution in [3.63, 3.8) is 0 Å². The molecule has 2 aliphatic rings. The van der Waals surface area contributed by atoms with Gasteiger partial charge in [0.05, 0.1) is 30.5 Å². The van der Waals surface area contributed by atoms with Gasteiger partial charge in [0.1, 0.15) is 5.82 Å². The zero-order chi connectivity index (χ0) is 17.4. The number of hydrogen-bond donors (Lipinski definition) is 0. The van der Waals surface area contributed by atoms with E-state index >= 15 is 0 Å². The first-order valence-electron chi connectivity index (χ1n) is 8.18. The molecule has 1 atom stereocenters. The van der Waals surface area contributed by atoms with Gasteiger partial charge in [-0.2, -0.15) is 0 Å². The van der Waals surface area contributed by atoms with Gasteiger partial charge in [-0.15, -0.1) is 0 Å². The first-order chi connectivity index (χ1) is 12.1. The quantitative estimate of drug-likeness (QED) is 0.806. The fourth-order valence-electron chi connectivity index (χ4n) is 3.28. The SMILES string of the molecule is O=C1c2ccccc2C(=O)N1CN1CCO[C@@H](c2ccc(F)cc2)C1. The van der Waals surface area contributed by atoms with E-state index in [1.165, 1.54) is 17.0 Å². The normalized spacial score (nSPS) is 20.8. The van der Waals surface area contributed by atoms with Gasteiger partial charge in [-0.25, -0.2) is 4.39 Å². The Labute approximate surface area is 144 Å². The Morgan fingerprint density at radius 3 is 2.28 bits per heavy atom. The van der Waals surface area contributed by atoms with E-state index in [2.05, 4.69) is 0 Å². The van der Waals surface area contributed by atoms with E-state index in [-0.39, 0.29) is 30.4 Å². The predicted octanol–water partition coefficient (Wildman–Crippen LogP) is 2.45. The van der Waals surface area contributed by atoms with Gasteiger partial charge >= 0.3 is 0 Å². The zero-order valence-corrected chi connectivity index (χ0v) is 13.5. The van der Waals surface area contributed by atoms with E-state index in [1.807, 2.05) is 4.90 Å². The van der Waals surface area contributed by atoms with Crippen LogP contribution in [0, 0.1) is 5.82 Å². The second-order valence-corrected chi connectivity index (χ2v) is 6.21. The molecule has 0 bridgehead atoms. The van der Waals surface area contributed by atoms with Crippen molar-refractivity contribution < 1.29 is 18.7 Å². The molecule has 0 saturated carbocycles. The van der Waals surface area contributed by atoms with Crippen molar-refractivity contribution in [2.45, 2.75) is 6.10 Å². The molecule has 0 aliphatic carbocycles. The van der Waals surface area contributed by atoms with Crippen molar-refractivity contribution in [2.75, 3.05) is 26.4 Å². The molecule has 2 aliphatic heterocycles. The minimum absolute atomic E-state index is 0.204. The van der Waals surface area contributed by atoms with E-state index in [0.717, 1.165) is 5.56 Å². The van der Waals surface area contributed by atoms with Crippen molar-refractivity contribution in [1.29, 1.82) is 0 Å². The molecule has 0 N–H and O–H groups in total. The first-order valence-corrected chi connectivity index (χ1v) is 8.18. The van der Waals surface area contributed by atoms with Crippen molar-refractivity contribution in [1.82, 2.24) is 9.80 Å². The van der Waals surface area contributed by atoms with Crippen LogP contribution in [-0.4, -0.2) is 48.0 Å². The Kier molecular flexibility index (Phi) is 4.07. The maximum absolute atomic E-state index is 13.1. The van der Waals surface area contributed by atoms with Gasteiger partial charge in [-0.1, -0.05) is 24.3 Å². The summed E-state index contributed by atoms with van der Waals surface area (Å²) >= 11 is 0. The number of carbonyl (C=O) groups excluding carboxylic acids is 2. The van der Waals surface area contributed by atoms with Crippen molar-refractivity contribution in [3.8, 4) is 0 Å². The maximum Gasteiger partial charge on any atom is 0.262 e. The van der Waals surface area contributed by atoms with E-state index in [0.29, 0.717) is 30.8 Å². The molecule has 2 amide bonds. The van der Waals surface area contributed by atoms with Crippen molar-refractivity contribution in [3.05, 3.63) is 71.0 Å². The molecule has 128 valence electrons. The highest BCUT2D eigenvalue weighted by Crippen LogP contribution is 2.26. The highest BCUT2D eigenvalue weighted by Gasteiger charge is 2.36. The second-order valence-electron chi connectivity index (χ2n) is 6.21. The van der Waals surface area contributed by atoms with Crippen LogP contribution < -0.4 is 0 Å². The largest absolute Gasteiger partial charge is 0.371 e. The van der Waals surface area contributed by atoms with Crippen LogP contribution in [0.2, 0.25) is 0 Å². The highest BCUT2D eigenvalue weighted by atomic mass is 19.1. The lowest BCUT2D eigenvalue weighted by Gasteiger charge is -2.34. The molecule has 0 unspecified atom stereocenters. The van der Waals surface area contributed by atoms with Crippen molar-refractivity contribution >= 4 is 11.8 Å². The average molecular weight is 340 g/mol. The Morgan fingerprint density at radius 2 is 1.64 bits per heavy atom. The molecular formula is C19H17FN2O3. The molecule has 4 rings (SSSR count). The molecule has 2 aromatic carbocycles. The summed E-state index contributed by atoms with van der Waals surface area (Å²) in [6.45, 7) is 1.89. The molecule has 0 spiro atoms. The number of rotatable bonds is 3. The molecule has 1 saturated heterocycles. The number of carbonyl (C=O) groups is 2. The molecular weight excluding hydrogens is 323 g/mol. The summed E-state index contributed by atoms with van der Waals surface area (Å²) in [5, 5.41) is 0. The van der Waals surface area contributed by atoms with Gasteiger partial charge in [-0.3, -0.25) is 19.4 Å². The Hall–Kier alpha value is -2.57. The summed E-state index contributed by atoms with van der Waals surface area (Å²) < 4.78 is 18.8. The van der Waals surface area contributed by atoms with E-state index in [1.54, 1.807) is 36.4 Å². The van der Waals surface area contributed by atoms with Crippen LogP contribution in [0.3, 0.4) is 0 Å². The number of imide groups is 1. The molecule has 6 heteroatoms. The lowest BCUT2D eigenvalue weighted by molar-refractivity contribution is -0.0414. The lowest BCUT2D eigenvalue weighted by atomic mass is 10.1. The third kappa shape index (κ3) is 2.94. The fourth-order valence-corrected chi connectivity index (χ4v) is 3.28. The van der Waals surface area contributed by atoms with E-state index in [4.69, 9.17) is 4.74 Å². The molecule has 0 radical (unpaired) electrons. The molecule has 2 heterocycles. The number of halogens is 1. The number of hydrogen-bond acceptors (Lipinski definition) is 4. The van der Waals surface area contributed by atoms with Gasteiger partial charge in [0.25, 0.3) is 11.8 Å². The third-order valence-corrected chi connectivity index (χ3v) is 4.61. The van der Waals surface area contributed by atoms with Crippen LogP contribution in [0.4, 0.5) is 4.39 Å². The van der Waals surface area contributed by atoms with Crippen LogP contribution in [0.5, 0.6) is 0 Å². The Bertz CT molecular complexity index is 787. The van der Waals surface area contributed by atoms with Gasteiger partial charge in [0, 0.05) is 13.1 Å². The summed E-state index contributed by atoms with van der Waals surface area (Å²) in [4.78, 5) is 28.2. The predicted molar refractivity (Wildman–Crippen MR) is 88.5 cm³/mol. The number of benzene rings is 2. The summed E-state index contributed by atoms with van der Waals surface area (Å²) in [6, 6.07) is 13.1. The van der Waals surface area contributed by atoms with Crippen LogP contribution in [0.15, 0.2) is 48.5 Å². The zero-order valence-electron chi connectivity index (χ0n) is 13.5. The first kappa shape index (κ1) is 15.9. The van der Waals surface area contributed by atoms with Crippen LogP contribution >= 0.6 is 0 Å². The Balaban J connectivity index is 1.47. The fraction of sp³-hybridized carbons (Fsp3) is 0.263. The standard InChI is InChI=1S/C19H17FN2O3/c20-14-7-5-13(6-8-14)17-11-21(9-10-25-17)12-22-18(23)15-3-1-2-4-16(15)19(22)24/h1-8,17H,9-12H2/t17-/m1/s1. The summed E-state index contributed by atoms with van der Waals surface area (Å²) in [5.74, 6) is -0.807. The molecule has 1 fully saturated rings. The van der Waals surface area contributed by atoms with Gasteiger partial charge in [-0.05, 0) is 29.8 Å². The molecule has 0 aromatic heterocycles. The number of fused-ring (bicyclic) bond motifs is 1. The number of morpholine rings is 1. The minimum Gasteiger partial charge on any atom is -0.371 e. The maximum atomic E-state index is 13.1. The highest BCUT2D eigenvalue weighted by molar-refractivity contribution is 6.21. The third-order valence-electron chi connectivity index (χ3n) is 4.61. The average Bonchev–Trinajstić information content (AvgIpc) is 2.88. The van der Waals surface area contributed by atoms with Crippen LogP contribution in [0.1, 0.15) is 32.4 Å². The monoisotopic (exact) mass is 340 g/mol. The van der Waals surface area contributed by atoms with Crippen LogP contribution in [0.25, 0.3) is 0 Å². The van der Waals surface area contributed by atoms with Crippen molar-refractivity contribution in [2.24, 2.45) is 0 Å². The van der Waals surface area contributed by atoms with E-state index in [9.17, 15) is 14.0 Å². The summed E-state index contributed by atoms with van der Waals surface area (Å²) in [5.41, 5.74) is 1.79. The van der Waals surface area contributed by atoms with E-state index < -0.39 is 0 Å². The second kappa shape index (κ2) is 6.38. The minimum atomic E-state index is -0.289. The lowest BCUT2D eigenvalue weighted by Crippen LogP contribution is -2.46. The molecule has 5 nitrogen and oxygen atoms in total. The summed E-state index contributed by atoms with van der Waals surface area (Å²) in [7, 11) is 0. The topological polar surface area (TPSA) is 49.9 Å². The number of amides is 2. The number of nitrogens with zero attached hydrogens (tertiary/aromatic N) is 2. The molecule has 25 heavy (non-hydrogen) atoms. The smallest absolute Gasteiger partial charge is 0.262 e.